The summed E-state index contributed by atoms with van der Waals surface area (Å²) in [5, 5.41) is 0. The number of hydrazine groups is 1. The Hall–Kier alpha value is -0.350. The maximum absolute atomic E-state index is 12.3. The molecule has 12 heavy (non-hydrogen) atoms. The van der Waals surface area contributed by atoms with Crippen LogP contribution < -0.4 is 11.3 Å². The fraction of sp³-hybridized carbons (Fsp3) is 0.143. The average Bonchev–Trinajstić information content (AvgIpc) is 1.95. The molecule has 0 heterocycles. The standard InChI is InChI=1S/C7H9FN2.2ClH/c8-7-3-1-6(2-4-7)5-10-9;;/h1-4,10H,5,9H2;2*1H. The van der Waals surface area contributed by atoms with Crippen molar-refractivity contribution in [2.45, 2.75) is 6.54 Å². The summed E-state index contributed by atoms with van der Waals surface area (Å²) in [4.78, 5) is 0. The molecule has 1 aromatic carbocycles. The highest BCUT2D eigenvalue weighted by atomic mass is 35.5. The van der Waals surface area contributed by atoms with Crippen LogP contribution in [0.2, 0.25) is 0 Å². The molecule has 0 unspecified atom stereocenters. The van der Waals surface area contributed by atoms with Crippen LogP contribution in [0.1, 0.15) is 5.56 Å². The zero-order chi connectivity index (χ0) is 7.40. The van der Waals surface area contributed by atoms with Gasteiger partial charge in [-0.1, -0.05) is 12.1 Å². The summed E-state index contributed by atoms with van der Waals surface area (Å²) in [7, 11) is 0. The van der Waals surface area contributed by atoms with Gasteiger partial charge in [-0.2, -0.15) is 0 Å². The molecule has 70 valence electrons. The van der Waals surface area contributed by atoms with E-state index in [-0.39, 0.29) is 30.6 Å². The predicted octanol–water partition coefficient (Wildman–Crippen LogP) is 1.63. The van der Waals surface area contributed by atoms with E-state index >= 15 is 0 Å². The first-order chi connectivity index (χ1) is 4.83. The average molecular weight is 213 g/mol. The van der Waals surface area contributed by atoms with Gasteiger partial charge in [-0.15, -0.1) is 24.8 Å². The lowest BCUT2D eigenvalue weighted by Gasteiger charge is -1.97. The molecule has 0 bridgehead atoms. The molecule has 5 heteroatoms. The molecule has 0 aliphatic heterocycles. The summed E-state index contributed by atoms with van der Waals surface area (Å²) in [6.07, 6.45) is 0. The van der Waals surface area contributed by atoms with E-state index in [1.807, 2.05) is 0 Å². The fourth-order valence-corrected chi connectivity index (χ4v) is 0.720. The summed E-state index contributed by atoms with van der Waals surface area (Å²) in [6, 6.07) is 6.20. The van der Waals surface area contributed by atoms with Crippen LogP contribution in [0.15, 0.2) is 24.3 Å². The Labute approximate surface area is 83.1 Å². The molecule has 3 N–H and O–H groups in total. The number of hydrogen-bond donors (Lipinski definition) is 2. The molecule has 0 fully saturated rings. The van der Waals surface area contributed by atoms with Gasteiger partial charge in [0.1, 0.15) is 5.82 Å². The first kappa shape index (κ1) is 14.2. The van der Waals surface area contributed by atoms with E-state index in [1.165, 1.54) is 12.1 Å². The Bertz CT molecular complexity index is 203. The largest absolute Gasteiger partial charge is 0.271 e. The third-order valence-corrected chi connectivity index (χ3v) is 1.22. The lowest BCUT2D eigenvalue weighted by Crippen LogP contribution is -2.20. The van der Waals surface area contributed by atoms with Crippen LogP contribution in [0.5, 0.6) is 0 Å². The third kappa shape index (κ3) is 4.51. The molecule has 0 radical (unpaired) electrons. The number of rotatable bonds is 2. The maximum atomic E-state index is 12.3. The fourth-order valence-electron chi connectivity index (χ4n) is 0.720. The molecule has 0 aromatic heterocycles. The summed E-state index contributed by atoms with van der Waals surface area (Å²) < 4.78 is 12.3. The van der Waals surface area contributed by atoms with Gasteiger partial charge >= 0.3 is 0 Å². The van der Waals surface area contributed by atoms with Crippen molar-refractivity contribution >= 4 is 24.8 Å². The first-order valence-corrected chi connectivity index (χ1v) is 3.01. The minimum absolute atomic E-state index is 0. The SMILES string of the molecule is Cl.Cl.NNCc1ccc(F)cc1. The van der Waals surface area contributed by atoms with Crippen molar-refractivity contribution in [2.75, 3.05) is 0 Å². The molecule has 0 saturated heterocycles. The van der Waals surface area contributed by atoms with Crippen LogP contribution in [-0.2, 0) is 6.54 Å². The van der Waals surface area contributed by atoms with Crippen molar-refractivity contribution in [3.05, 3.63) is 35.6 Å². The van der Waals surface area contributed by atoms with Crippen molar-refractivity contribution in [3.8, 4) is 0 Å². The van der Waals surface area contributed by atoms with Crippen molar-refractivity contribution in [2.24, 2.45) is 5.84 Å². The van der Waals surface area contributed by atoms with Crippen molar-refractivity contribution in [1.29, 1.82) is 0 Å². The summed E-state index contributed by atoms with van der Waals surface area (Å²) in [5.41, 5.74) is 3.46. The van der Waals surface area contributed by atoms with Crippen LogP contribution in [0, 0.1) is 5.82 Å². The van der Waals surface area contributed by atoms with Gasteiger partial charge < -0.3 is 0 Å². The molecule has 0 saturated carbocycles. The highest BCUT2D eigenvalue weighted by Gasteiger charge is 1.89. The van der Waals surface area contributed by atoms with E-state index < -0.39 is 0 Å². The monoisotopic (exact) mass is 212 g/mol. The summed E-state index contributed by atoms with van der Waals surface area (Å²) >= 11 is 0. The van der Waals surface area contributed by atoms with Gasteiger partial charge in [-0.3, -0.25) is 11.3 Å². The molecule has 0 amide bonds. The second kappa shape index (κ2) is 7.31. The van der Waals surface area contributed by atoms with Crippen LogP contribution >= 0.6 is 24.8 Å². The van der Waals surface area contributed by atoms with E-state index in [9.17, 15) is 4.39 Å². The number of hydrogen-bond acceptors (Lipinski definition) is 2. The number of nitrogens with two attached hydrogens (primary N) is 1. The van der Waals surface area contributed by atoms with Gasteiger partial charge in [0.2, 0.25) is 0 Å². The molecule has 0 atom stereocenters. The quantitative estimate of drug-likeness (QED) is 0.578. The Balaban J connectivity index is 0. The van der Waals surface area contributed by atoms with Gasteiger partial charge in [0.05, 0.1) is 0 Å². The minimum atomic E-state index is -0.222. The maximum Gasteiger partial charge on any atom is 0.123 e. The summed E-state index contributed by atoms with van der Waals surface area (Å²) in [6.45, 7) is 0.570. The highest BCUT2D eigenvalue weighted by molar-refractivity contribution is 5.85. The Morgan fingerprint density at radius 2 is 1.67 bits per heavy atom. The van der Waals surface area contributed by atoms with E-state index in [0.29, 0.717) is 6.54 Å². The van der Waals surface area contributed by atoms with Crippen molar-refractivity contribution in [3.63, 3.8) is 0 Å². The third-order valence-electron chi connectivity index (χ3n) is 1.22. The van der Waals surface area contributed by atoms with Gasteiger partial charge in [0, 0.05) is 6.54 Å². The number of nitrogens with one attached hydrogen (secondary N) is 1. The Kier molecular flexibility index (Phi) is 8.64. The molecule has 2 nitrogen and oxygen atoms in total. The van der Waals surface area contributed by atoms with E-state index in [4.69, 9.17) is 5.84 Å². The minimum Gasteiger partial charge on any atom is -0.271 e. The van der Waals surface area contributed by atoms with Gasteiger partial charge in [0.15, 0.2) is 0 Å². The zero-order valence-corrected chi connectivity index (χ0v) is 7.92. The first-order valence-electron chi connectivity index (χ1n) is 3.01. The van der Waals surface area contributed by atoms with Gasteiger partial charge in [-0.25, -0.2) is 4.39 Å². The normalized spacial score (nSPS) is 8.17. The van der Waals surface area contributed by atoms with Crippen molar-refractivity contribution < 1.29 is 4.39 Å². The van der Waals surface area contributed by atoms with Crippen LogP contribution in [0.3, 0.4) is 0 Å². The molecule has 0 aliphatic rings. The number of halogens is 3. The topological polar surface area (TPSA) is 38.0 Å². The molecule has 0 spiro atoms. The van der Waals surface area contributed by atoms with Gasteiger partial charge in [0.25, 0.3) is 0 Å². The molecular formula is C7H11Cl2FN2. The van der Waals surface area contributed by atoms with Crippen molar-refractivity contribution in [1.82, 2.24) is 5.43 Å². The Morgan fingerprint density at radius 1 is 1.17 bits per heavy atom. The zero-order valence-electron chi connectivity index (χ0n) is 6.29. The lowest BCUT2D eigenvalue weighted by molar-refractivity contribution is 0.625. The van der Waals surface area contributed by atoms with E-state index in [0.717, 1.165) is 5.56 Å². The lowest BCUT2D eigenvalue weighted by atomic mass is 10.2. The van der Waals surface area contributed by atoms with Crippen LogP contribution in [0.25, 0.3) is 0 Å². The molecule has 0 aliphatic carbocycles. The number of benzene rings is 1. The second-order valence-corrected chi connectivity index (χ2v) is 2.01. The van der Waals surface area contributed by atoms with E-state index in [1.54, 1.807) is 12.1 Å². The second-order valence-electron chi connectivity index (χ2n) is 2.01. The summed E-state index contributed by atoms with van der Waals surface area (Å²) in [5.74, 6) is 4.83. The molecule has 1 aromatic rings. The predicted molar refractivity (Wildman–Crippen MR) is 51.9 cm³/mol. The molecule has 1 rings (SSSR count). The van der Waals surface area contributed by atoms with Gasteiger partial charge in [-0.05, 0) is 17.7 Å². The van der Waals surface area contributed by atoms with Crippen LogP contribution in [0.4, 0.5) is 4.39 Å². The molecular weight excluding hydrogens is 202 g/mol. The Morgan fingerprint density at radius 3 is 2.08 bits per heavy atom. The van der Waals surface area contributed by atoms with E-state index in [2.05, 4.69) is 5.43 Å². The smallest absolute Gasteiger partial charge is 0.123 e. The van der Waals surface area contributed by atoms with Crippen LogP contribution in [-0.4, -0.2) is 0 Å². The highest BCUT2D eigenvalue weighted by Crippen LogP contribution is 2.00.